The first-order chi connectivity index (χ1) is 10.5. The van der Waals surface area contributed by atoms with Gasteiger partial charge >= 0.3 is 0 Å². The van der Waals surface area contributed by atoms with Crippen molar-refractivity contribution in [3.63, 3.8) is 0 Å². The maximum Gasteiger partial charge on any atom is 0.261 e. The summed E-state index contributed by atoms with van der Waals surface area (Å²) in [5, 5.41) is 2.95. The summed E-state index contributed by atoms with van der Waals surface area (Å²) < 4.78 is 0. The molecule has 1 aromatic rings. The summed E-state index contributed by atoms with van der Waals surface area (Å²) in [5.74, 6) is -0.776. The lowest BCUT2D eigenvalue weighted by atomic mass is 9.93. The van der Waals surface area contributed by atoms with Crippen LogP contribution in [0.1, 0.15) is 32.6 Å². The van der Waals surface area contributed by atoms with E-state index in [0.717, 1.165) is 12.8 Å². The number of carbonyl (C=O) groups excluding carboxylic acids is 3. The first-order valence-electron chi connectivity index (χ1n) is 7.17. The van der Waals surface area contributed by atoms with Crippen molar-refractivity contribution in [2.45, 2.75) is 32.6 Å². The van der Waals surface area contributed by atoms with E-state index in [1.54, 1.807) is 18.2 Å². The maximum atomic E-state index is 12.5. The summed E-state index contributed by atoms with van der Waals surface area (Å²) in [6, 6.07) is 4.74. The number of imide groups is 1. The number of halogens is 1. The highest BCUT2D eigenvalue weighted by atomic mass is 35.5. The Bertz CT molecular complexity index is 696. The lowest BCUT2D eigenvalue weighted by Crippen LogP contribution is -2.31. The number of hydrogen-bond donors (Lipinski definition) is 1. The van der Waals surface area contributed by atoms with Crippen molar-refractivity contribution in [3.8, 4) is 0 Å². The van der Waals surface area contributed by atoms with E-state index < -0.39 is 0 Å². The van der Waals surface area contributed by atoms with E-state index in [0.29, 0.717) is 40.4 Å². The third-order valence-electron chi connectivity index (χ3n) is 3.91. The molecular formula is C16H15ClN2O3. The maximum absolute atomic E-state index is 12.5. The number of hydrogen-bond acceptors (Lipinski definition) is 3. The molecule has 1 aliphatic carbocycles. The van der Waals surface area contributed by atoms with E-state index in [4.69, 9.17) is 11.6 Å². The normalized spacial score (nSPS) is 17.8. The largest absolute Gasteiger partial charge is 0.325 e. The van der Waals surface area contributed by atoms with Crippen LogP contribution in [0.3, 0.4) is 0 Å². The van der Waals surface area contributed by atoms with Crippen molar-refractivity contribution in [1.29, 1.82) is 0 Å². The molecule has 2 aliphatic rings. The summed E-state index contributed by atoms with van der Waals surface area (Å²) >= 11 is 6.03. The predicted molar refractivity (Wildman–Crippen MR) is 83.7 cm³/mol. The Kier molecular flexibility index (Phi) is 3.74. The number of benzene rings is 1. The topological polar surface area (TPSA) is 66.5 Å². The molecular weight excluding hydrogens is 304 g/mol. The molecule has 1 heterocycles. The zero-order valence-electron chi connectivity index (χ0n) is 12.1. The predicted octanol–water partition coefficient (Wildman–Crippen LogP) is 3.04. The Morgan fingerprint density at radius 1 is 1.14 bits per heavy atom. The zero-order chi connectivity index (χ0) is 15.9. The Morgan fingerprint density at radius 2 is 1.73 bits per heavy atom. The second-order valence-electron chi connectivity index (χ2n) is 5.46. The molecule has 0 fully saturated rings. The van der Waals surface area contributed by atoms with E-state index in [1.807, 2.05) is 0 Å². The van der Waals surface area contributed by atoms with Gasteiger partial charge in [-0.25, -0.2) is 4.90 Å². The molecule has 114 valence electrons. The SMILES string of the molecule is CC(=O)Nc1cc(N2C(=O)C3=C(CCCC3)C2=O)ccc1Cl. The van der Waals surface area contributed by atoms with Crippen molar-refractivity contribution in [2.24, 2.45) is 0 Å². The minimum absolute atomic E-state index is 0.254. The molecule has 5 nitrogen and oxygen atoms in total. The first-order valence-corrected chi connectivity index (χ1v) is 7.55. The molecule has 1 aliphatic heterocycles. The van der Waals surface area contributed by atoms with Crippen LogP contribution in [0.25, 0.3) is 0 Å². The highest BCUT2D eigenvalue weighted by Crippen LogP contribution is 2.37. The van der Waals surface area contributed by atoms with Crippen molar-refractivity contribution in [2.75, 3.05) is 10.2 Å². The van der Waals surface area contributed by atoms with Gasteiger partial charge in [0.05, 0.1) is 16.4 Å². The number of nitrogens with one attached hydrogen (secondary N) is 1. The second kappa shape index (κ2) is 5.57. The molecule has 1 aromatic carbocycles. The van der Waals surface area contributed by atoms with Crippen molar-refractivity contribution >= 4 is 40.7 Å². The first kappa shape index (κ1) is 14.8. The standard InChI is InChI=1S/C16H15ClN2O3/c1-9(20)18-14-8-10(6-7-13(14)17)19-15(21)11-4-2-3-5-12(11)16(19)22/h6-8H,2-5H2,1H3,(H,18,20). The number of rotatable bonds is 2. The second-order valence-corrected chi connectivity index (χ2v) is 5.86. The summed E-state index contributed by atoms with van der Waals surface area (Å²) in [4.78, 5) is 37.4. The van der Waals surface area contributed by atoms with Gasteiger partial charge in [0.15, 0.2) is 0 Å². The Labute approximate surface area is 132 Å². The van der Waals surface area contributed by atoms with E-state index in [-0.39, 0.29) is 17.7 Å². The fraction of sp³-hybridized carbons (Fsp3) is 0.312. The average Bonchev–Trinajstić information content (AvgIpc) is 2.74. The smallest absolute Gasteiger partial charge is 0.261 e. The number of amides is 3. The van der Waals surface area contributed by atoms with Gasteiger partial charge in [0.1, 0.15) is 0 Å². The van der Waals surface area contributed by atoms with Crippen LogP contribution in [0.4, 0.5) is 11.4 Å². The molecule has 22 heavy (non-hydrogen) atoms. The van der Waals surface area contributed by atoms with Crippen LogP contribution in [0.5, 0.6) is 0 Å². The van der Waals surface area contributed by atoms with E-state index in [1.165, 1.54) is 11.8 Å². The van der Waals surface area contributed by atoms with Crippen molar-refractivity contribution in [3.05, 3.63) is 34.4 Å². The van der Waals surface area contributed by atoms with Gasteiger partial charge in [-0.2, -0.15) is 0 Å². The van der Waals surface area contributed by atoms with Gasteiger partial charge in [-0.05, 0) is 43.9 Å². The van der Waals surface area contributed by atoms with Crippen molar-refractivity contribution in [1.82, 2.24) is 0 Å². The minimum Gasteiger partial charge on any atom is -0.325 e. The Balaban J connectivity index is 1.97. The van der Waals surface area contributed by atoms with Crippen LogP contribution in [-0.2, 0) is 14.4 Å². The van der Waals surface area contributed by atoms with Gasteiger partial charge in [0.25, 0.3) is 11.8 Å². The van der Waals surface area contributed by atoms with Crippen LogP contribution in [0.2, 0.25) is 5.02 Å². The summed E-state index contributed by atoms with van der Waals surface area (Å²) in [6.07, 6.45) is 3.18. The molecule has 3 rings (SSSR count). The van der Waals surface area contributed by atoms with Crippen LogP contribution < -0.4 is 10.2 Å². The molecule has 1 N–H and O–H groups in total. The van der Waals surface area contributed by atoms with Gasteiger partial charge in [-0.15, -0.1) is 0 Å². The zero-order valence-corrected chi connectivity index (χ0v) is 12.9. The lowest BCUT2D eigenvalue weighted by molar-refractivity contribution is -0.120. The quantitative estimate of drug-likeness (QED) is 0.852. The highest BCUT2D eigenvalue weighted by molar-refractivity contribution is 6.35. The van der Waals surface area contributed by atoms with E-state index in [9.17, 15) is 14.4 Å². The van der Waals surface area contributed by atoms with Crippen LogP contribution in [-0.4, -0.2) is 17.7 Å². The lowest BCUT2D eigenvalue weighted by Gasteiger charge is -2.17. The molecule has 0 saturated carbocycles. The number of anilines is 2. The summed E-state index contributed by atoms with van der Waals surface area (Å²) in [6.45, 7) is 1.37. The fourth-order valence-corrected chi connectivity index (χ4v) is 3.08. The monoisotopic (exact) mass is 318 g/mol. The molecule has 0 bridgehead atoms. The van der Waals surface area contributed by atoms with E-state index >= 15 is 0 Å². The van der Waals surface area contributed by atoms with Crippen LogP contribution >= 0.6 is 11.6 Å². The van der Waals surface area contributed by atoms with Gasteiger partial charge in [0, 0.05) is 18.1 Å². The van der Waals surface area contributed by atoms with Gasteiger partial charge in [0.2, 0.25) is 5.91 Å². The molecule has 0 aromatic heterocycles. The van der Waals surface area contributed by atoms with Crippen LogP contribution in [0.15, 0.2) is 29.3 Å². The summed E-state index contributed by atoms with van der Waals surface area (Å²) in [7, 11) is 0. The average molecular weight is 319 g/mol. The van der Waals surface area contributed by atoms with Crippen LogP contribution in [0, 0.1) is 0 Å². The highest BCUT2D eigenvalue weighted by Gasteiger charge is 2.39. The number of carbonyl (C=O) groups is 3. The molecule has 6 heteroatoms. The molecule has 3 amide bonds. The van der Waals surface area contributed by atoms with Gasteiger partial charge in [-0.3, -0.25) is 14.4 Å². The number of nitrogens with zero attached hydrogens (tertiary/aromatic N) is 1. The minimum atomic E-state index is -0.268. The molecule has 0 radical (unpaired) electrons. The van der Waals surface area contributed by atoms with Crippen molar-refractivity contribution < 1.29 is 14.4 Å². The van der Waals surface area contributed by atoms with E-state index in [2.05, 4.69) is 5.32 Å². The molecule has 0 unspecified atom stereocenters. The molecule has 0 atom stereocenters. The molecule has 0 spiro atoms. The Hall–Kier alpha value is -2.14. The van der Waals surface area contributed by atoms with Gasteiger partial charge in [-0.1, -0.05) is 11.6 Å². The summed E-state index contributed by atoms with van der Waals surface area (Å²) in [5.41, 5.74) is 2.08. The molecule has 0 saturated heterocycles. The third kappa shape index (κ3) is 2.41. The fourth-order valence-electron chi connectivity index (χ4n) is 2.91. The third-order valence-corrected chi connectivity index (χ3v) is 4.24. The Morgan fingerprint density at radius 3 is 2.27 bits per heavy atom. The van der Waals surface area contributed by atoms with Gasteiger partial charge < -0.3 is 5.32 Å².